The highest BCUT2D eigenvalue weighted by atomic mass is 16.4. The number of aliphatic carboxylic acids is 1. The van der Waals surface area contributed by atoms with Crippen molar-refractivity contribution in [3.05, 3.63) is 24.3 Å². The number of carboxylic acid groups (broad SMARTS) is 1. The molecule has 6 heteroatoms. The topological polar surface area (TPSA) is 95.7 Å². The fourth-order valence-electron chi connectivity index (χ4n) is 1.19. The number of nitrogens with zero attached hydrogens (tertiary/aromatic N) is 1. The molecule has 0 spiro atoms. The van der Waals surface area contributed by atoms with Gasteiger partial charge in [-0.2, -0.15) is 0 Å². The molecule has 0 radical (unpaired) electrons. The molecule has 0 aliphatic heterocycles. The first-order valence-electron chi connectivity index (χ1n) is 5.09. The van der Waals surface area contributed by atoms with Crippen molar-refractivity contribution in [3.63, 3.8) is 0 Å². The van der Waals surface area contributed by atoms with Gasteiger partial charge in [0.25, 0.3) is 0 Å². The van der Waals surface area contributed by atoms with Gasteiger partial charge in [-0.15, -0.1) is 0 Å². The lowest BCUT2D eigenvalue weighted by Gasteiger charge is -2.17. The molecule has 1 aromatic carbocycles. The minimum atomic E-state index is -0.941. The number of urea groups is 1. The van der Waals surface area contributed by atoms with Crippen molar-refractivity contribution >= 4 is 23.4 Å². The van der Waals surface area contributed by atoms with Gasteiger partial charge in [0.05, 0.1) is 17.8 Å². The molecule has 0 bridgehead atoms. The summed E-state index contributed by atoms with van der Waals surface area (Å²) in [5.41, 5.74) is 6.64. The molecule has 0 aliphatic rings. The fraction of sp³-hybridized carbons (Fsp3) is 0.273. The lowest BCUT2D eigenvalue weighted by atomic mass is 10.3. The summed E-state index contributed by atoms with van der Waals surface area (Å²) in [6.07, 6.45) is -0.0891. The predicted octanol–water partition coefficient (Wildman–Crippen LogP) is 1.21. The smallest absolute Gasteiger partial charge is 0.321 e. The van der Waals surface area contributed by atoms with Crippen LogP contribution in [-0.4, -0.2) is 35.6 Å². The monoisotopic (exact) mass is 237 g/mol. The summed E-state index contributed by atoms with van der Waals surface area (Å²) in [5.74, 6) is -0.941. The molecular formula is C11H15N3O3. The number of carbonyl (C=O) groups excluding carboxylic acids is 1. The predicted molar refractivity (Wildman–Crippen MR) is 64.8 cm³/mol. The number of carboxylic acids is 1. The van der Waals surface area contributed by atoms with E-state index in [1.807, 2.05) is 0 Å². The number of hydrogen-bond acceptors (Lipinski definition) is 3. The zero-order chi connectivity index (χ0) is 12.8. The number of anilines is 2. The van der Waals surface area contributed by atoms with Gasteiger partial charge in [-0.05, 0) is 12.1 Å². The first kappa shape index (κ1) is 12.8. The Hall–Kier alpha value is -2.24. The van der Waals surface area contributed by atoms with Gasteiger partial charge in [-0.3, -0.25) is 4.79 Å². The molecule has 0 saturated carbocycles. The molecule has 0 aliphatic carbocycles. The summed E-state index contributed by atoms with van der Waals surface area (Å²) < 4.78 is 0. The molecule has 92 valence electrons. The minimum absolute atomic E-state index is 0.0891. The number of nitrogens with two attached hydrogens (primary N) is 1. The number of para-hydroxylation sites is 2. The Morgan fingerprint density at radius 3 is 2.65 bits per heavy atom. The van der Waals surface area contributed by atoms with Crippen LogP contribution >= 0.6 is 0 Å². The third-order valence-electron chi connectivity index (χ3n) is 2.21. The highest BCUT2D eigenvalue weighted by Gasteiger charge is 2.11. The first-order chi connectivity index (χ1) is 8.00. The standard InChI is InChI=1S/C11H15N3O3/c1-14(7-6-10(15)16)11(17)13-9-5-3-2-4-8(9)12/h2-5H,6-7,12H2,1H3,(H,13,17)(H,15,16). The van der Waals surface area contributed by atoms with Crippen LogP contribution in [-0.2, 0) is 4.79 Å². The Bertz CT molecular complexity index is 420. The molecular weight excluding hydrogens is 222 g/mol. The maximum atomic E-state index is 11.6. The van der Waals surface area contributed by atoms with Gasteiger partial charge in [-0.25, -0.2) is 4.79 Å². The molecule has 0 fully saturated rings. The minimum Gasteiger partial charge on any atom is -0.481 e. The van der Waals surface area contributed by atoms with Gasteiger partial charge < -0.3 is 21.1 Å². The van der Waals surface area contributed by atoms with Crippen LogP contribution in [0, 0.1) is 0 Å². The van der Waals surface area contributed by atoms with E-state index in [0.29, 0.717) is 11.4 Å². The second kappa shape index (κ2) is 5.74. The molecule has 0 atom stereocenters. The molecule has 6 nitrogen and oxygen atoms in total. The normalized spacial score (nSPS) is 9.71. The third-order valence-corrected chi connectivity index (χ3v) is 2.21. The average molecular weight is 237 g/mol. The van der Waals surface area contributed by atoms with Crippen molar-refractivity contribution in [1.29, 1.82) is 0 Å². The number of nitrogens with one attached hydrogen (secondary N) is 1. The maximum Gasteiger partial charge on any atom is 0.321 e. The van der Waals surface area contributed by atoms with E-state index in [9.17, 15) is 9.59 Å². The zero-order valence-corrected chi connectivity index (χ0v) is 9.51. The lowest BCUT2D eigenvalue weighted by Crippen LogP contribution is -2.33. The van der Waals surface area contributed by atoms with Crippen molar-refractivity contribution in [2.24, 2.45) is 0 Å². The van der Waals surface area contributed by atoms with Crippen molar-refractivity contribution in [2.45, 2.75) is 6.42 Å². The Balaban J connectivity index is 2.54. The molecule has 4 N–H and O–H groups in total. The van der Waals surface area contributed by atoms with Gasteiger partial charge in [0, 0.05) is 13.6 Å². The van der Waals surface area contributed by atoms with Crippen LogP contribution in [0.2, 0.25) is 0 Å². The molecule has 2 amide bonds. The van der Waals surface area contributed by atoms with E-state index in [0.717, 1.165) is 0 Å². The number of amides is 2. The van der Waals surface area contributed by atoms with Crippen LogP contribution in [0.4, 0.5) is 16.2 Å². The van der Waals surface area contributed by atoms with Crippen LogP contribution in [0.1, 0.15) is 6.42 Å². The Morgan fingerprint density at radius 1 is 1.41 bits per heavy atom. The van der Waals surface area contributed by atoms with Crippen LogP contribution in [0.15, 0.2) is 24.3 Å². The van der Waals surface area contributed by atoms with Gasteiger partial charge in [0.15, 0.2) is 0 Å². The van der Waals surface area contributed by atoms with Gasteiger partial charge in [0.1, 0.15) is 0 Å². The second-order valence-corrected chi connectivity index (χ2v) is 3.58. The van der Waals surface area contributed by atoms with Crippen molar-refractivity contribution < 1.29 is 14.7 Å². The van der Waals surface area contributed by atoms with Crippen molar-refractivity contribution in [1.82, 2.24) is 4.90 Å². The average Bonchev–Trinajstić information content (AvgIpc) is 2.28. The van der Waals surface area contributed by atoms with Gasteiger partial charge in [-0.1, -0.05) is 12.1 Å². The summed E-state index contributed by atoms with van der Waals surface area (Å²) in [6.45, 7) is 0.147. The van der Waals surface area contributed by atoms with Crippen LogP contribution < -0.4 is 11.1 Å². The van der Waals surface area contributed by atoms with E-state index in [-0.39, 0.29) is 19.0 Å². The van der Waals surface area contributed by atoms with E-state index in [1.54, 1.807) is 24.3 Å². The van der Waals surface area contributed by atoms with Gasteiger partial charge >= 0.3 is 12.0 Å². The van der Waals surface area contributed by atoms with Crippen molar-refractivity contribution in [2.75, 3.05) is 24.6 Å². The number of carbonyl (C=O) groups is 2. The van der Waals surface area contributed by atoms with E-state index in [1.165, 1.54) is 11.9 Å². The summed E-state index contributed by atoms with van der Waals surface area (Å²) in [5, 5.41) is 11.1. The SMILES string of the molecule is CN(CCC(=O)O)C(=O)Nc1ccccc1N. The molecule has 0 unspecified atom stereocenters. The van der Waals surface area contributed by atoms with Crippen LogP contribution in [0.5, 0.6) is 0 Å². The fourth-order valence-corrected chi connectivity index (χ4v) is 1.19. The highest BCUT2D eigenvalue weighted by Crippen LogP contribution is 2.16. The zero-order valence-electron chi connectivity index (χ0n) is 9.51. The summed E-state index contributed by atoms with van der Waals surface area (Å²) in [4.78, 5) is 23.3. The number of nitrogen functional groups attached to an aromatic ring is 1. The second-order valence-electron chi connectivity index (χ2n) is 3.58. The van der Waals surface area contributed by atoms with Gasteiger partial charge in [0.2, 0.25) is 0 Å². The molecule has 0 heterocycles. The van der Waals surface area contributed by atoms with E-state index >= 15 is 0 Å². The highest BCUT2D eigenvalue weighted by molar-refractivity contribution is 5.92. The Kier molecular flexibility index (Phi) is 4.33. The summed E-state index contributed by atoms with van der Waals surface area (Å²) >= 11 is 0. The van der Waals surface area contributed by atoms with Crippen LogP contribution in [0.25, 0.3) is 0 Å². The largest absolute Gasteiger partial charge is 0.481 e. The molecule has 0 aromatic heterocycles. The van der Waals surface area contributed by atoms with Crippen LogP contribution in [0.3, 0.4) is 0 Å². The molecule has 17 heavy (non-hydrogen) atoms. The lowest BCUT2D eigenvalue weighted by molar-refractivity contribution is -0.137. The maximum absolute atomic E-state index is 11.6. The Labute approximate surface area is 99.0 Å². The van der Waals surface area contributed by atoms with E-state index in [4.69, 9.17) is 10.8 Å². The van der Waals surface area contributed by atoms with E-state index in [2.05, 4.69) is 5.32 Å². The summed E-state index contributed by atoms with van der Waals surface area (Å²) in [6, 6.07) is 6.48. The molecule has 1 aromatic rings. The summed E-state index contributed by atoms with van der Waals surface area (Å²) in [7, 11) is 1.53. The number of rotatable bonds is 4. The van der Waals surface area contributed by atoms with E-state index < -0.39 is 5.97 Å². The van der Waals surface area contributed by atoms with Crippen molar-refractivity contribution in [3.8, 4) is 0 Å². The first-order valence-corrected chi connectivity index (χ1v) is 5.09. The molecule has 1 rings (SSSR count). The number of benzene rings is 1. The Morgan fingerprint density at radius 2 is 2.06 bits per heavy atom. The number of hydrogen-bond donors (Lipinski definition) is 3. The molecule has 0 saturated heterocycles. The third kappa shape index (κ3) is 4.02. The quantitative estimate of drug-likeness (QED) is 0.686.